The number of Topliss-reactive ketones (excluding diaryl/α,β-unsaturated/α-hetero) is 3. The molecule has 9 heteroatoms. The number of hydrogen-bond acceptors (Lipinski definition) is 9. The van der Waals surface area contributed by atoms with Gasteiger partial charge in [-0.1, -0.05) is 48.1 Å². The molecule has 3 atom stereocenters. The number of aliphatic hydroxyl groups excluding tert-OH is 2. The molecule has 2 aliphatic rings. The van der Waals surface area contributed by atoms with Gasteiger partial charge in [0.15, 0.2) is 5.78 Å². The van der Waals surface area contributed by atoms with Gasteiger partial charge in [0.2, 0.25) is 0 Å². The summed E-state index contributed by atoms with van der Waals surface area (Å²) in [5, 5.41) is 33.6. The number of rotatable bonds is 15. The Bertz CT molecular complexity index is 1320. The van der Waals surface area contributed by atoms with E-state index in [1.165, 1.54) is 6.92 Å². The Kier molecular flexibility index (Phi) is 13.9. The summed E-state index contributed by atoms with van der Waals surface area (Å²) in [7, 11) is 0. The predicted octanol–water partition coefficient (Wildman–Crippen LogP) is 4.05. The molecule has 1 aromatic carbocycles. The molecule has 0 aliphatic heterocycles. The predicted molar refractivity (Wildman–Crippen MR) is 168 cm³/mol. The number of benzene rings is 1. The highest BCUT2D eigenvalue weighted by molar-refractivity contribution is 6.02. The second-order valence-corrected chi connectivity index (χ2v) is 11.5. The molecule has 0 heterocycles. The van der Waals surface area contributed by atoms with E-state index in [0.717, 1.165) is 22.3 Å². The minimum Gasteiger partial charge on any atom is -0.507 e. The van der Waals surface area contributed by atoms with E-state index in [1.807, 2.05) is 42.5 Å². The zero-order chi connectivity index (χ0) is 32.1. The molecule has 0 spiro atoms. The number of allylic oxidation sites excluding steroid dienone is 7. The number of hydrogen-bond donors (Lipinski definition) is 4. The van der Waals surface area contributed by atoms with Gasteiger partial charge in [0.1, 0.15) is 17.3 Å². The molecular formula is C35H45NO8. The third-order valence-corrected chi connectivity index (χ3v) is 8.17. The fraction of sp³-hybridized carbons (Fsp3) is 0.486. The normalized spacial score (nSPS) is 18.1. The van der Waals surface area contributed by atoms with Gasteiger partial charge in [-0.05, 0) is 80.6 Å². The van der Waals surface area contributed by atoms with Crippen molar-refractivity contribution in [1.82, 2.24) is 5.32 Å². The van der Waals surface area contributed by atoms with Crippen LogP contribution < -0.4 is 5.32 Å². The van der Waals surface area contributed by atoms with Crippen molar-refractivity contribution in [2.24, 2.45) is 17.8 Å². The molecule has 0 amide bonds. The smallest absolute Gasteiger partial charge is 0.319 e. The molecule has 44 heavy (non-hydrogen) atoms. The fourth-order valence-corrected chi connectivity index (χ4v) is 6.11. The second-order valence-electron chi connectivity index (χ2n) is 11.5. The van der Waals surface area contributed by atoms with Crippen LogP contribution >= 0.6 is 0 Å². The molecule has 238 valence electrons. The highest BCUT2D eigenvalue weighted by atomic mass is 16.5. The molecule has 0 bridgehead atoms. The maximum Gasteiger partial charge on any atom is 0.319 e. The fourth-order valence-electron chi connectivity index (χ4n) is 6.11. The number of ketones is 3. The first-order chi connectivity index (χ1) is 21.2. The van der Waals surface area contributed by atoms with Gasteiger partial charge in [-0.25, -0.2) is 0 Å². The lowest BCUT2D eigenvalue weighted by Gasteiger charge is -2.32. The van der Waals surface area contributed by atoms with Crippen LogP contribution in [0.15, 0.2) is 54.2 Å². The summed E-state index contributed by atoms with van der Waals surface area (Å²) in [6, 6.07) is 3.38. The molecule has 1 aromatic rings. The van der Waals surface area contributed by atoms with Crippen LogP contribution in [0, 0.1) is 17.8 Å². The lowest BCUT2D eigenvalue weighted by atomic mass is 9.72. The third kappa shape index (κ3) is 9.94. The molecule has 3 rings (SSSR count). The minimum absolute atomic E-state index is 0.0673. The van der Waals surface area contributed by atoms with Crippen LogP contribution in [0.1, 0.15) is 73.9 Å². The van der Waals surface area contributed by atoms with Crippen molar-refractivity contribution in [3.8, 4) is 5.75 Å². The first-order valence-corrected chi connectivity index (χ1v) is 15.4. The van der Waals surface area contributed by atoms with E-state index in [1.54, 1.807) is 13.0 Å². The van der Waals surface area contributed by atoms with E-state index in [2.05, 4.69) is 5.32 Å². The third-order valence-electron chi connectivity index (χ3n) is 8.17. The van der Waals surface area contributed by atoms with Crippen molar-refractivity contribution in [1.29, 1.82) is 0 Å². The van der Waals surface area contributed by atoms with Gasteiger partial charge in [0, 0.05) is 25.5 Å². The van der Waals surface area contributed by atoms with Crippen LogP contribution in [-0.2, 0) is 25.5 Å². The number of nitrogens with one attached hydrogen (secondary N) is 1. The number of esters is 1. The molecular weight excluding hydrogens is 562 g/mol. The van der Waals surface area contributed by atoms with E-state index >= 15 is 0 Å². The van der Waals surface area contributed by atoms with Crippen molar-refractivity contribution >= 4 is 28.9 Å². The number of phenols is 1. The van der Waals surface area contributed by atoms with Gasteiger partial charge in [-0.15, -0.1) is 0 Å². The molecule has 0 saturated carbocycles. The molecule has 9 nitrogen and oxygen atoms in total. The van der Waals surface area contributed by atoms with Crippen molar-refractivity contribution in [3.63, 3.8) is 0 Å². The highest BCUT2D eigenvalue weighted by Gasteiger charge is 2.35. The molecule has 0 saturated heterocycles. The van der Waals surface area contributed by atoms with Crippen LogP contribution in [0.5, 0.6) is 5.75 Å². The summed E-state index contributed by atoms with van der Waals surface area (Å²) in [6.07, 6.45) is 14.4. The summed E-state index contributed by atoms with van der Waals surface area (Å²) < 4.78 is 4.99. The molecule has 0 radical (unpaired) electrons. The molecule has 4 N–H and O–H groups in total. The second kappa shape index (κ2) is 17.6. The summed E-state index contributed by atoms with van der Waals surface area (Å²) >= 11 is 0. The van der Waals surface area contributed by atoms with E-state index < -0.39 is 18.4 Å². The van der Waals surface area contributed by atoms with E-state index in [-0.39, 0.29) is 67.4 Å². The Morgan fingerprint density at radius 1 is 1.07 bits per heavy atom. The Morgan fingerprint density at radius 2 is 1.82 bits per heavy atom. The summed E-state index contributed by atoms with van der Waals surface area (Å²) in [6.45, 7) is 3.40. The van der Waals surface area contributed by atoms with Gasteiger partial charge in [-0.2, -0.15) is 0 Å². The summed E-state index contributed by atoms with van der Waals surface area (Å²) in [5.74, 6) is -2.58. The van der Waals surface area contributed by atoms with Crippen molar-refractivity contribution in [3.05, 3.63) is 70.9 Å². The van der Waals surface area contributed by atoms with Crippen molar-refractivity contribution in [2.75, 3.05) is 32.9 Å². The van der Waals surface area contributed by atoms with Gasteiger partial charge < -0.3 is 25.4 Å². The lowest BCUT2D eigenvalue weighted by molar-refractivity contribution is -0.142. The SMILES string of the molecule is CCOC(=O)CNCC1=CC=C(c2ccc(O)c3c2CC(CC(CCO)C(CO)C(=O)CC(C)=O)CC3=O)CC=CC=CC1. The number of carbonyl (C=O) groups excluding carboxylic acids is 4. The van der Waals surface area contributed by atoms with Gasteiger partial charge in [0.25, 0.3) is 0 Å². The number of ether oxygens (including phenoxy) is 1. The topological polar surface area (TPSA) is 150 Å². The van der Waals surface area contributed by atoms with Crippen LogP contribution in [0.3, 0.4) is 0 Å². The average Bonchev–Trinajstić information content (AvgIpc) is 2.96. The average molecular weight is 608 g/mol. The molecule has 2 aliphatic carbocycles. The Hall–Kier alpha value is -3.66. The quantitative estimate of drug-likeness (QED) is 0.171. The lowest BCUT2D eigenvalue weighted by Crippen LogP contribution is -2.32. The minimum atomic E-state index is -0.800. The summed E-state index contributed by atoms with van der Waals surface area (Å²) in [5.41, 5.74) is 3.92. The monoisotopic (exact) mass is 607 g/mol. The van der Waals surface area contributed by atoms with Crippen LogP contribution in [-0.4, -0.2) is 71.5 Å². The maximum atomic E-state index is 13.4. The number of aromatic hydroxyl groups is 1. The largest absolute Gasteiger partial charge is 0.507 e. The van der Waals surface area contributed by atoms with E-state index in [9.17, 15) is 34.5 Å². The Balaban J connectivity index is 1.92. The molecule has 0 fully saturated rings. The number of aliphatic hydroxyl groups is 2. The summed E-state index contributed by atoms with van der Waals surface area (Å²) in [4.78, 5) is 49.5. The van der Waals surface area contributed by atoms with Crippen molar-refractivity contribution in [2.45, 2.75) is 58.8 Å². The number of carbonyl (C=O) groups is 4. The zero-order valence-corrected chi connectivity index (χ0v) is 25.7. The zero-order valence-electron chi connectivity index (χ0n) is 25.7. The van der Waals surface area contributed by atoms with Gasteiger partial charge in [-0.3, -0.25) is 19.2 Å². The van der Waals surface area contributed by atoms with Crippen LogP contribution in [0.25, 0.3) is 5.57 Å². The Labute approximate surface area is 259 Å². The maximum absolute atomic E-state index is 13.4. The Morgan fingerprint density at radius 3 is 2.50 bits per heavy atom. The van der Waals surface area contributed by atoms with Gasteiger partial charge >= 0.3 is 5.97 Å². The molecule has 3 unspecified atom stereocenters. The van der Waals surface area contributed by atoms with E-state index in [4.69, 9.17) is 4.74 Å². The number of phenolic OH excluding ortho intramolecular Hbond substituents is 1. The van der Waals surface area contributed by atoms with Crippen LogP contribution in [0.2, 0.25) is 0 Å². The van der Waals surface area contributed by atoms with E-state index in [0.29, 0.717) is 44.4 Å². The first-order valence-electron chi connectivity index (χ1n) is 15.4. The van der Waals surface area contributed by atoms with Gasteiger partial charge in [0.05, 0.1) is 31.7 Å². The highest BCUT2D eigenvalue weighted by Crippen LogP contribution is 2.40. The standard InChI is InChI=1S/C35H45NO8/c1-3-44-34(43)21-36-20-24-8-6-4-5-7-9-26(11-10-24)28-12-13-31(40)35-29(28)18-25(19-33(35)42)17-27(14-15-37)30(22-38)32(41)16-23(2)39/h4-7,10-13,25,27,30,36-38,40H,3,8-9,14-22H2,1-2H3. The first kappa shape index (κ1) is 34.8. The van der Waals surface area contributed by atoms with Crippen LogP contribution in [0.4, 0.5) is 0 Å². The van der Waals surface area contributed by atoms with Crippen molar-refractivity contribution < 1.29 is 39.2 Å². The molecule has 0 aromatic heterocycles. The number of fused-ring (bicyclic) bond motifs is 1.